The molecular formula is C24H22N2O5. The zero-order chi connectivity index (χ0) is 22.1. The Hall–Kier alpha value is -4.13. The summed E-state index contributed by atoms with van der Waals surface area (Å²) in [6.45, 7) is 1.66. The number of nitrogens with zero attached hydrogens (tertiary/aromatic N) is 1. The summed E-state index contributed by atoms with van der Waals surface area (Å²) in [6.07, 6.45) is 1.46. The second-order valence-corrected chi connectivity index (χ2v) is 6.47. The first-order chi connectivity index (χ1) is 15.1. The maximum atomic E-state index is 12.6. The van der Waals surface area contributed by atoms with Gasteiger partial charge in [0, 0.05) is 6.92 Å². The van der Waals surface area contributed by atoms with Crippen LogP contribution in [0.15, 0.2) is 77.9 Å². The molecule has 31 heavy (non-hydrogen) atoms. The lowest BCUT2D eigenvalue weighted by molar-refractivity contribution is -0.132. The number of para-hydroxylation sites is 1. The van der Waals surface area contributed by atoms with E-state index in [1.807, 2.05) is 30.3 Å². The van der Waals surface area contributed by atoms with Gasteiger partial charge < -0.3 is 14.2 Å². The zero-order valence-electron chi connectivity index (χ0n) is 17.2. The van der Waals surface area contributed by atoms with Crippen molar-refractivity contribution in [3.63, 3.8) is 0 Å². The van der Waals surface area contributed by atoms with E-state index in [1.165, 1.54) is 20.2 Å². The first-order valence-corrected chi connectivity index (χ1v) is 9.52. The fourth-order valence-corrected chi connectivity index (χ4v) is 2.74. The molecule has 0 bridgehead atoms. The van der Waals surface area contributed by atoms with E-state index < -0.39 is 11.9 Å². The molecule has 3 rings (SSSR count). The Morgan fingerprint density at radius 3 is 2.42 bits per heavy atom. The molecule has 1 amide bonds. The summed E-state index contributed by atoms with van der Waals surface area (Å²) in [4.78, 5) is 23.7. The van der Waals surface area contributed by atoms with Gasteiger partial charge >= 0.3 is 5.97 Å². The number of hydrogen-bond acceptors (Lipinski definition) is 6. The van der Waals surface area contributed by atoms with Crippen LogP contribution in [-0.4, -0.2) is 25.2 Å². The molecule has 0 aromatic heterocycles. The quantitative estimate of drug-likeness (QED) is 0.259. The number of amides is 1. The standard InChI is InChI=1S/C24H22N2O5/c1-17(27)31-22-13-12-19(14-23(22)29-2)15-25-26-24(28)20-10-6-7-11-21(20)30-16-18-8-4-3-5-9-18/h3-15H,16H2,1-2H3,(H,26,28)/b25-15-. The van der Waals surface area contributed by atoms with Gasteiger partial charge in [0.05, 0.1) is 18.9 Å². The van der Waals surface area contributed by atoms with Gasteiger partial charge in [0.25, 0.3) is 5.91 Å². The van der Waals surface area contributed by atoms with Crippen molar-refractivity contribution in [1.29, 1.82) is 0 Å². The highest BCUT2D eigenvalue weighted by atomic mass is 16.6. The Kier molecular flexibility index (Phi) is 7.37. The van der Waals surface area contributed by atoms with E-state index in [-0.39, 0.29) is 0 Å². The van der Waals surface area contributed by atoms with E-state index in [1.54, 1.807) is 42.5 Å². The molecule has 0 aliphatic carbocycles. The number of rotatable bonds is 8. The largest absolute Gasteiger partial charge is 0.493 e. The van der Waals surface area contributed by atoms with Crippen LogP contribution in [0.2, 0.25) is 0 Å². The van der Waals surface area contributed by atoms with Crippen molar-refractivity contribution in [3.8, 4) is 17.2 Å². The summed E-state index contributed by atoms with van der Waals surface area (Å²) >= 11 is 0. The van der Waals surface area contributed by atoms with Gasteiger partial charge in [-0.15, -0.1) is 0 Å². The van der Waals surface area contributed by atoms with Gasteiger partial charge in [-0.1, -0.05) is 42.5 Å². The van der Waals surface area contributed by atoms with Crippen LogP contribution in [0.3, 0.4) is 0 Å². The molecule has 7 heteroatoms. The summed E-state index contributed by atoms with van der Waals surface area (Å²) in [6, 6.07) is 21.6. The third-order valence-electron chi connectivity index (χ3n) is 4.19. The normalized spacial score (nSPS) is 10.5. The summed E-state index contributed by atoms with van der Waals surface area (Å²) in [7, 11) is 1.47. The molecular weight excluding hydrogens is 396 g/mol. The average molecular weight is 418 g/mol. The average Bonchev–Trinajstić information content (AvgIpc) is 2.79. The third-order valence-corrected chi connectivity index (χ3v) is 4.19. The molecule has 7 nitrogen and oxygen atoms in total. The lowest BCUT2D eigenvalue weighted by atomic mass is 10.2. The lowest BCUT2D eigenvalue weighted by Gasteiger charge is -2.10. The van der Waals surface area contributed by atoms with Crippen LogP contribution in [0.25, 0.3) is 0 Å². The minimum absolute atomic E-state index is 0.306. The molecule has 0 unspecified atom stereocenters. The van der Waals surface area contributed by atoms with Crippen molar-refractivity contribution in [1.82, 2.24) is 5.43 Å². The van der Waals surface area contributed by atoms with Crippen LogP contribution < -0.4 is 19.6 Å². The topological polar surface area (TPSA) is 86.2 Å². The Morgan fingerprint density at radius 2 is 1.68 bits per heavy atom. The first kappa shape index (κ1) is 21.6. The molecule has 0 aliphatic heterocycles. The minimum Gasteiger partial charge on any atom is -0.493 e. The van der Waals surface area contributed by atoms with Gasteiger partial charge in [-0.3, -0.25) is 9.59 Å². The number of methoxy groups -OCH3 is 1. The lowest BCUT2D eigenvalue weighted by Crippen LogP contribution is -2.18. The highest BCUT2D eigenvalue weighted by Crippen LogP contribution is 2.27. The van der Waals surface area contributed by atoms with Crippen molar-refractivity contribution in [2.24, 2.45) is 5.10 Å². The Balaban J connectivity index is 1.65. The van der Waals surface area contributed by atoms with Gasteiger partial charge in [-0.05, 0) is 41.5 Å². The van der Waals surface area contributed by atoms with E-state index in [4.69, 9.17) is 14.2 Å². The zero-order valence-corrected chi connectivity index (χ0v) is 17.2. The van der Waals surface area contributed by atoms with Gasteiger partial charge in [0.1, 0.15) is 12.4 Å². The highest BCUT2D eigenvalue weighted by molar-refractivity contribution is 5.97. The van der Waals surface area contributed by atoms with E-state index in [2.05, 4.69) is 10.5 Å². The van der Waals surface area contributed by atoms with Crippen LogP contribution >= 0.6 is 0 Å². The van der Waals surface area contributed by atoms with E-state index in [0.717, 1.165) is 5.56 Å². The van der Waals surface area contributed by atoms with Crippen molar-refractivity contribution in [3.05, 3.63) is 89.5 Å². The predicted octanol–water partition coefficient (Wildman–Crippen LogP) is 3.96. The van der Waals surface area contributed by atoms with Crippen LogP contribution in [0.1, 0.15) is 28.4 Å². The van der Waals surface area contributed by atoms with E-state index >= 15 is 0 Å². The fraction of sp³-hybridized carbons (Fsp3) is 0.125. The number of hydrogen-bond donors (Lipinski definition) is 1. The maximum Gasteiger partial charge on any atom is 0.308 e. The molecule has 0 aliphatic rings. The molecule has 0 radical (unpaired) electrons. The predicted molar refractivity (Wildman–Crippen MR) is 117 cm³/mol. The molecule has 3 aromatic rings. The summed E-state index contributed by atoms with van der Waals surface area (Å²) in [5, 5.41) is 4.00. The van der Waals surface area contributed by atoms with Crippen molar-refractivity contribution < 1.29 is 23.8 Å². The SMILES string of the molecule is COc1cc(/C=N\NC(=O)c2ccccc2OCc2ccccc2)ccc1OC(C)=O. The number of carbonyl (C=O) groups excluding carboxylic acids is 2. The van der Waals surface area contributed by atoms with Crippen LogP contribution in [0.5, 0.6) is 17.2 Å². The Morgan fingerprint density at radius 1 is 0.935 bits per heavy atom. The molecule has 0 heterocycles. The molecule has 1 N–H and O–H groups in total. The molecule has 0 saturated carbocycles. The van der Waals surface area contributed by atoms with Gasteiger partial charge in [0.15, 0.2) is 11.5 Å². The smallest absolute Gasteiger partial charge is 0.308 e. The molecule has 3 aromatic carbocycles. The highest BCUT2D eigenvalue weighted by Gasteiger charge is 2.12. The van der Waals surface area contributed by atoms with Crippen LogP contribution in [0, 0.1) is 0 Å². The fourth-order valence-electron chi connectivity index (χ4n) is 2.74. The number of hydrazone groups is 1. The maximum absolute atomic E-state index is 12.6. The monoisotopic (exact) mass is 418 g/mol. The third kappa shape index (κ3) is 6.17. The first-order valence-electron chi connectivity index (χ1n) is 9.52. The molecule has 0 spiro atoms. The molecule has 0 fully saturated rings. The number of ether oxygens (including phenoxy) is 3. The number of benzene rings is 3. The van der Waals surface area contributed by atoms with Gasteiger partial charge in [0.2, 0.25) is 0 Å². The Bertz CT molecular complexity index is 1080. The number of esters is 1. The van der Waals surface area contributed by atoms with Gasteiger partial charge in [-0.2, -0.15) is 5.10 Å². The van der Waals surface area contributed by atoms with Crippen LogP contribution in [-0.2, 0) is 11.4 Å². The van der Waals surface area contributed by atoms with E-state index in [0.29, 0.717) is 35.0 Å². The molecule has 158 valence electrons. The number of nitrogens with one attached hydrogen (secondary N) is 1. The minimum atomic E-state index is -0.444. The summed E-state index contributed by atoms with van der Waals surface area (Å²) in [5.74, 6) is 0.306. The van der Waals surface area contributed by atoms with E-state index in [9.17, 15) is 9.59 Å². The Labute approximate surface area is 180 Å². The summed E-state index contributed by atoms with van der Waals surface area (Å²) in [5.41, 5.74) is 4.52. The second kappa shape index (κ2) is 10.6. The second-order valence-electron chi connectivity index (χ2n) is 6.47. The van der Waals surface area contributed by atoms with Gasteiger partial charge in [-0.25, -0.2) is 5.43 Å². The summed E-state index contributed by atoms with van der Waals surface area (Å²) < 4.78 is 16.1. The molecule has 0 saturated heterocycles. The van der Waals surface area contributed by atoms with Crippen molar-refractivity contribution in [2.75, 3.05) is 7.11 Å². The molecule has 0 atom stereocenters. The number of carbonyl (C=O) groups is 2. The van der Waals surface area contributed by atoms with Crippen LogP contribution in [0.4, 0.5) is 0 Å². The van der Waals surface area contributed by atoms with Crippen molar-refractivity contribution >= 4 is 18.1 Å². The van der Waals surface area contributed by atoms with Crippen molar-refractivity contribution in [2.45, 2.75) is 13.5 Å².